The smallest absolute Gasteiger partial charge is 0.416 e. The zero-order chi connectivity index (χ0) is 17.5. The number of nitrogens with two attached hydrogens (primary N) is 1. The lowest BCUT2D eigenvalue weighted by atomic mass is 9.96. The van der Waals surface area contributed by atoms with Crippen LogP contribution in [0.5, 0.6) is 0 Å². The summed E-state index contributed by atoms with van der Waals surface area (Å²) in [5.41, 5.74) is 5.45. The van der Waals surface area contributed by atoms with Crippen LogP contribution in [0.25, 0.3) is 5.57 Å². The van der Waals surface area contributed by atoms with Gasteiger partial charge in [0.15, 0.2) is 12.0 Å². The first-order chi connectivity index (χ1) is 11.3. The van der Waals surface area contributed by atoms with Gasteiger partial charge in [-0.25, -0.2) is 0 Å². The predicted octanol–water partition coefficient (Wildman–Crippen LogP) is 3.67. The third-order valence-electron chi connectivity index (χ3n) is 3.48. The Morgan fingerprint density at radius 3 is 2.62 bits per heavy atom. The summed E-state index contributed by atoms with van der Waals surface area (Å²) in [6, 6.07) is 6.64. The van der Waals surface area contributed by atoms with Crippen LogP contribution in [0.2, 0.25) is 0 Å². The van der Waals surface area contributed by atoms with E-state index in [2.05, 4.69) is 4.98 Å². The van der Waals surface area contributed by atoms with E-state index in [-0.39, 0.29) is 17.0 Å². The lowest BCUT2D eigenvalue weighted by molar-refractivity contribution is -0.137. The number of halogens is 4. The first-order valence-electron chi connectivity index (χ1n) is 6.76. The molecule has 2 N–H and O–H groups in total. The Morgan fingerprint density at radius 1 is 1.25 bits per heavy atom. The maximum Gasteiger partial charge on any atom is 0.416 e. The third-order valence-corrected chi connectivity index (χ3v) is 4.10. The normalized spacial score (nSPS) is 18.0. The molecule has 0 bridgehead atoms. The second-order valence-electron chi connectivity index (χ2n) is 5.11. The number of Topliss-reactive ketones (excluding diaryl/α,β-unsaturated/α-hetero) is 1. The van der Waals surface area contributed by atoms with Gasteiger partial charge in [-0.3, -0.25) is 9.78 Å². The highest BCUT2D eigenvalue weighted by molar-refractivity contribution is 14.1. The van der Waals surface area contributed by atoms with Crippen molar-refractivity contribution in [2.45, 2.75) is 12.3 Å². The van der Waals surface area contributed by atoms with Gasteiger partial charge in [0.05, 0.1) is 11.1 Å². The van der Waals surface area contributed by atoms with Crippen molar-refractivity contribution < 1.29 is 22.7 Å². The highest BCUT2D eigenvalue weighted by atomic mass is 127. The molecule has 1 aromatic heterocycles. The number of carbonyl (C=O) groups is 1. The summed E-state index contributed by atoms with van der Waals surface area (Å²) in [6.45, 7) is 0. The van der Waals surface area contributed by atoms with Crippen molar-refractivity contribution in [3.05, 3.63) is 68.9 Å². The van der Waals surface area contributed by atoms with Gasteiger partial charge in [-0.05, 0) is 52.4 Å². The van der Waals surface area contributed by atoms with Crippen LogP contribution in [0.15, 0.2) is 48.6 Å². The zero-order valence-electron chi connectivity index (χ0n) is 12.0. The highest BCUT2D eigenvalue weighted by Gasteiger charge is 2.38. The Bertz CT molecular complexity index is 835. The van der Waals surface area contributed by atoms with Gasteiger partial charge in [0.25, 0.3) is 0 Å². The van der Waals surface area contributed by atoms with E-state index in [1.54, 1.807) is 34.7 Å². The molecule has 0 saturated carbocycles. The van der Waals surface area contributed by atoms with Gasteiger partial charge in [0.2, 0.25) is 5.78 Å². The van der Waals surface area contributed by atoms with Crippen LogP contribution in [0.1, 0.15) is 22.8 Å². The summed E-state index contributed by atoms with van der Waals surface area (Å²) in [4.78, 5) is 16.5. The van der Waals surface area contributed by atoms with Gasteiger partial charge >= 0.3 is 6.18 Å². The number of nitrogens with zero attached hydrogens (tertiary/aromatic N) is 1. The van der Waals surface area contributed by atoms with Gasteiger partial charge in [0, 0.05) is 21.5 Å². The van der Waals surface area contributed by atoms with Crippen LogP contribution in [-0.2, 0) is 15.7 Å². The van der Waals surface area contributed by atoms with Gasteiger partial charge in [-0.1, -0.05) is 6.07 Å². The van der Waals surface area contributed by atoms with Crippen molar-refractivity contribution in [2.24, 2.45) is 5.73 Å². The molecule has 0 spiro atoms. The fourth-order valence-corrected chi connectivity index (χ4v) is 3.10. The van der Waals surface area contributed by atoms with Crippen molar-refractivity contribution >= 4 is 33.9 Å². The van der Waals surface area contributed by atoms with E-state index in [1.165, 1.54) is 18.5 Å². The second-order valence-corrected chi connectivity index (χ2v) is 6.36. The first kappa shape index (κ1) is 16.7. The number of rotatable bonds is 2. The second kappa shape index (κ2) is 6.08. The summed E-state index contributed by atoms with van der Waals surface area (Å²) in [5.74, 6) is -0.681. The van der Waals surface area contributed by atoms with E-state index in [9.17, 15) is 18.0 Å². The quantitative estimate of drug-likeness (QED) is 0.716. The maximum atomic E-state index is 13.0. The minimum atomic E-state index is -4.52. The molecule has 1 aliphatic rings. The van der Waals surface area contributed by atoms with Crippen molar-refractivity contribution in [1.29, 1.82) is 0 Å². The average Bonchev–Trinajstić information content (AvgIpc) is 2.81. The van der Waals surface area contributed by atoms with E-state index >= 15 is 0 Å². The number of hydrogen-bond acceptors (Lipinski definition) is 4. The molecule has 0 saturated heterocycles. The number of ketones is 1. The molecule has 1 aliphatic heterocycles. The summed E-state index contributed by atoms with van der Waals surface area (Å²) in [7, 11) is 0. The number of alkyl halides is 3. The zero-order valence-corrected chi connectivity index (χ0v) is 14.1. The number of aromatic nitrogens is 1. The maximum absolute atomic E-state index is 13.0. The number of pyridine rings is 1. The van der Waals surface area contributed by atoms with Crippen molar-refractivity contribution in [2.75, 3.05) is 0 Å². The average molecular weight is 446 g/mol. The van der Waals surface area contributed by atoms with E-state index in [0.29, 0.717) is 9.13 Å². The number of hydrogen-bond donors (Lipinski definition) is 1. The first-order valence-corrected chi connectivity index (χ1v) is 7.84. The topological polar surface area (TPSA) is 65.2 Å². The molecule has 0 aliphatic carbocycles. The monoisotopic (exact) mass is 446 g/mol. The standard InChI is InChI=1S/C16H10F3IN2O2/c17-16(18,19)10-4-9(5-11(20)6-10)12-13(23)14(24-15(12)21)8-2-1-3-22-7-8/h1-7,14H,21H2. The molecular weight excluding hydrogens is 436 g/mol. The molecule has 2 aromatic rings. The Labute approximate surface area is 148 Å². The molecule has 8 heteroatoms. The summed E-state index contributed by atoms with van der Waals surface area (Å²) >= 11 is 1.76. The summed E-state index contributed by atoms with van der Waals surface area (Å²) in [5, 5.41) is 0. The molecule has 1 atom stereocenters. The SMILES string of the molecule is NC1=C(c2cc(I)cc(C(F)(F)F)c2)C(=O)C(c2cccnc2)O1. The lowest BCUT2D eigenvalue weighted by Crippen LogP contribution is -2.11. The fraction of sp³-hybridized carbons (Fsp3) is 0.125. The van der Waals surface area contributed by atoms with Gasteiger partial charge in [0.1, 0.15) is 0 Å². The number of carbonyl (C=O) groups excluding carboxylic acids is 1. The van der Waals surface area contributed by atoms with Gasteiger partial charge in [-0.2, -0.15) is 13.2 Å². The van der Waals surface area contributed by atoms with Crippen LogP contribution in [0.3, 0.4) is 0 Å². The number of benzene rings is 1. The minimum absolute atomic E-state index is 0.0483. The molecule has 2 heterocycles. The molecule has 0 radical (unpaired) electrons. The van der Waals surface area contributed by atoms with E-state index < -0.39 is 23.6 Å². The molecule has 1 aromatic carbocycles. The molecule has 1 unspecified atom stereocenters. The van der Waals surface area contributed by atoms with Gasteiger partial charge < -0.3 is 10.5 Å². The molecular formula is C16H10F3IN2O2. The Kier molecular flexibility index (Phi) is 4.24. The molecule has 0 fully saturated rings. The Morgan fingerprint density at radius 2 is 2.00 bits per heavy atom. The largest absolute Gasteiger partial charge is 0.462 e. The van der Waals surface area contributed by atoms with Crippen molar-refractivity contribution in [3.8, 4) is 0 Å². The Hall–Kier alpha value is -2.10. The van der Waals surface area contributed by atoms with Crippen LogP contribution >= 0.6 is 22.6 Å². The van der Waals surface area contributed by atoms with E-state index in [0.717, 1.165) is 12.1 Å². The van der Waals surface area contributed by atoms with E-state index in [4.69, 9.17) is 10.5 Å². The van der Waals surface area contributed by atoms with Crippen LogP contribution in [0, 0.1) is 3.57 Å². The van der Waals surface area contributed by atoms with Crippen LogP contribution in [-0.4, -0.2) is 10.8 Å². The lowest BCUT2D eigenvalue weighted by Gasteiger charge is -2.10. The summed E-state index contributed by atoms with van der Waals surface area (Å²) < 4.78 is 44.7. The third kappa shape index (κ3) is 3.10. The van der Waals surface area contributed by atoms with Crippen LogP contribution < -0.4 is 5.73 Å². The molecule has 0 amide bonds. The molecule has 4 nitrogen and oxygen atoms in total. The van der Waals surface area contributed by atoms with Gasteiger partial charge in [-0.15, -0.1) is 0 Å². The van der Waals surface area contributed by atoms with E-state index in [1.807, 2.05) is 0 Å². The summed E-state index contributed by atoms with van der Waals surface area (Å²) in [6.07, 6.45) is -2.53. The molecule has 3 rings (SSSR count). The van der Waals surface area contributed by atoms with Crippen molar-refractivity contribution in [1.82, 2.24) is 4.98 Å². The molecule has 24 heavy (non-hydrogen) atoms. The minimum Gasteiger partial charge on any atom is -0.462 e. The molecule has 124 valence electrons. The number of ether oxygens (including phenoxy) is 1. The van der Waals surface area contributed by atoms with Crippen molar-refractivity contribution in [3.63, 3.8) is 0 Å². The van der Waals surface area contributed by atoms with Crippen LogP contribution in [0.4, 0.5) is 13.2 Å². The fourth-order valence-electron chi connectivity index (χ4n) is 2.42. The Balaban J connectivity index is 2.02. The highest BCUT2D eigenvalue weighted by Crippen LogP contribution is 2.38. The predicted molar refractivity (Wildman–Crippen MR) is 88.3 cm³/mol.